The quantitative estimate of drug-likeness (QED) is 0.361. The second-order valence-electron chi connectivity index (χ2n) is 7.77. The molecule has 0 saturated heterocycles. The fraction of sp³-hybridized carbons (Fsp3) is 0.789. The summed E-state index contributed by atoms with van der Waals surface area (Å²) in [4.78, 5) is 24.2. The zero-order valence-corrected chi connectivity index (χ0v) is 17.1. The lowest BCUT2D eigenvalue weighted by Gasteiger charge is -2.40. The zero-order chi connectivity index (χ0) is 18.3. The summed E-state index contributed by atoms with van der Waals surface area (Å²) in [5, 5.41) is 0. The molecule has 24 heavy (non-hydrogen) atoms. The van der Waals surface area contributed by atoms with Crippen molar-refractivity contribution in [3.05, 3.63) is 12.2 Å². The maximum absolute atomic E-state index is 12.3. The molecule has 1 aliphatic rings. The molecule has 0 radical (unpaired) electrons. The third kappa shape index (κ3) is 5.47. The minimum absolute atomic E-state index is 0.00220. The molecule has 0 aromatic heterocycles. The van der Waals surface area contributed by atoms with Crippen LogP contribution in [0.1, 0.15) is 73.6 Å². The van der Waals surface area contributed by atoms with E-state index >= 15 is 0 Å². The second-order valence-corrected chi connectivity index (χ2v) is 13.1. The highest BCUT2D eigenvalue weighted by Gasteiger charge is 2.47. The summed E-state index contributed by atoms with van der Waals surface area (Å²) in [7, 11) is -2.26. The van der Waals surface area contributed by atoms with E-state index < -0.39 is 20.3 Å². The molecule has 1 fully saturated rings. The van der Waals surface area contributed by atoms with Gasteiger partial charge >= 0.3 is 11.9 Å². The Labute approximate surface area is 148 Å². The van der Waals surface area contributed by atoms with Crippen molar-refractivity contribution < 1.29 is 18.8 Å². The Morgan fingerprint density at radius 3 is 1.75 bits per heavy atom. The van der Waals surface area contributed by atoms with Gasteiger partial charge in [0.15, 0.2) is 0 Å². The highest BCUT2D eigenvalue weighted by molar-refractivity contribution is 6.79. The first kappa shape index (κ1) is 20.9. The molecule has 0 aromatic carbocycles. The van der Waals surface area contributed by atoms with Crippen LogP contribution in [0.25, 0.3) is 0 Å². The molecule has 1 aliphatic carbocycles. The lowest BCUT2D eigenvalue weighted by atomic mass is 9.98. The Morgan fingerprint density at radius 2 is 1.29 bits per heavy atom. The molecule has 0 N–H and O–H groups in total. The van der Waals surface area contributed by atoms with Gasteiger partial charge in [-0.25, -0.2) is 9.59 Å². The summed E-state index contributed by atoms with van der Waals surface area (Å²) in [5.74, 6) is -0.858. The standard InChI is InChI=1S/C19H34O4Si/c1-14(2)24(15(3)4,16(5)6)23-19(21)13-12-18(20)22-17-10-8-7-9-11-17/h12-17H,7-11H2,1-6H3/b13-12+. The van der Waals surface area contributed by atoms with E-state index in [1.54, 1.807) is 0 Å². The van der Waals surface area contributed by atoms with E-state index in [1.165, 1.54) is 18.6 Å². The number of ether oxygens (including phenoxy) is 1. The van der Waals surface area contributed by atoms with Crippen LogP contribution in [0.15, 0.2) is 12.2 Å². The normalized spacial score (nSPS) is 17.0. The average molecular weight is 355 g/mol. The maximum atomic E-state index is 12.3. The summed E-state index contributed by atoms with van der Waals surface area (Å²) >= 11 is 0. The molecule has 0 amide bonds. The van der Waals surface area contributed by atoms with Crippen LogP contribution in [-0.2, 0) is 18.8 Å². The van der Waals surface area contributed by atoms with Crippen molar-refractivity contribution in [3.63, 3.8) is 0 Å². The number of hydrogen-bond donors (Lipinski definition) is 0. The van der Waals surface area contributed by atoms with E-state index in [-0.39, 0.29) is 6.10 Å². The van der Waals surface area contributed by atoms with Crippen LogP contribution in [0.2, 0.25) is 16.6 Å². The Kier molecular flexibility index (Phi) is 8.20. The monoisotopic (exact) mass is 354 g/mol. The van der Waals surface area contributed by atoms with Gasteiger partial charge in [0.25, 0.3) is 8.32 Å². The van der Waals surface area contributed by atoms with Crippen molar-refractivity contribution in [2.45, 2.75) is 96.4 Å². The Hall–Kier alpha value is -1.10. The van der Waals surface area contributed by atoms with Gasteiger partial charge in [0, 0.05) is 12.2 Å². The fourth-order valence-electron chi connectivity index (χ4n) is 4.08. The highest BCUT2D eigenvalue weighted by atomic mass is 28.4. The predicted octanol–water partition coefficient (Wildman–Crippen LogP) is 5.14. The van der Waals surface area contributed by atoms with Gasteiger partial charge in [0.05, 0.1) is 0 Å². The van der Waals surface area contributed by atoms with Gasteiger partial charge in [0.1, 0.15) is 6.10 Å². The summed E-state index contributed by atoms with van der Waals surface area (Å²) in [6.45, 7) is 12.8. The average Bonchev–Trinajstić information content (AvgIpc) is 2.50. The molecule has 0 bridgehead atoms. The van der Waals surface area contributed by atoms with Gasteiger partial charge in [-0.15, -0.1) is 0 Å². The van der Waals surface area contributed by atoms with E-state index in [9.17, 15) is 9.59 Å². The molecule has 0 heterocycles. The summed E-state index contributed by atoms with van der Waals surface area (Å²) in [6, 6.07) is 0. The number of carbonyl (C=O) groups excluding carboxylic acids is 2. The van der Waals surface area contributed by atoms with Crippen molar-refractivity contribution >= 4 is 20.3 Å². The molecule has 4 nitrogen and oxygen atoms in total. The van der Waals surface area contributed by atoms with Crippen molar-refractivity contribution in [2.24, 2.45) is 0 Å². The highest BCUT2D eigenvalue weighted by Crippen LogP contribution is 2.42. The Balaban J connectivity index is 2.66. The summed E-state index contributed by atoms with van der Waals surface area (Å²) in [5.41, 5.74) is 0.970. The SMILES string of the molecule is CC(C)[Si](OC(=O)/C=C/C(=O)OC1CCCCC1)(C(C)C)C(C)C. The van der Waals surface area contributed by atoms with Crippen molar-refractivity contribution in [2.75, 3.05) is 0 Å². The molecule has 0 atom stereocenters. The molecule has 1 saturated carbocycles. The van der Waals surface area contributed by atoms with Gasteiger partial charge in [0.2, 0.25) is 0 Å². The predicted molar refractivity (Wildman–Crippen MR) is 99.2 cm³/mol. The van der Waals surface area contributed by atoms with Crippen molar-refractivity contribution in [1.29, 1.82) is 0 Å². The van der Waals surface area contributed by atoms with Crippen LogP contribution in [-0.4, -0.2) is 26.4 Å². The summed E-state index contributed by atoms with van der Waals surface area (Å²) in [6.07, 6.45) is 7.73. The fourth-order valence-corrected chi connectivity index (χ4v) is 9.21. The van der Waals surface area contributed by atoms with E-state index in [2.05, 4.69) is 41.5 Å². The third-order valence-corrected chi connectivity index (χ3v) is 11.1. The molecular formula is C19H34O4Si. The third-order valence-electron chi connectivity index (χ3n) is 5.17. The molecule has 5 heteroatoms. The minimum atomic E-state index is -2.26. The first-order valence-corrected chi connectivity index (χ1v) is 11.5. The molecule has 0 unspecified atom stereocenters. The lowest BCUT2D eigenvalue weighted by Crippen LogP contribution is -2.49. The lowest BCUT2D eigenvalue weighted by molar-refractivity contribution is -0.144. The molecule has 0 aromatic rings. The Bertz CT molecular complexity index is 427. The van der Waals surface area contributed by atoms with E-state index in [0.717, 1.165) is 25.7 Å². The van der Waals surface area contributed by atoms with Crippen molar-refractivity contribution in [3.8, 4) is 0 Å². The van der Waals surface area contributed by atoms with E-state index in [0.29, 0.717) is 16.6 Å². The number of rotatable bonds is 7. The number of hydrogen-bond acceptors (Lipinski definition) is 4. The number of carbonyl (C=O) groups is 2. The van der Waals surface area contributed by atoms with E-state index in [1.807, 2.05) is 0 Å². The van der Waals surface area contributed by atoms with Crippen LogP contribution < -0.4 is 0 Å². The summed E-state index contributed by atoms with van der Waals surface area (Å²) < 4.78 is 11.4. The largest absolute Gasteiger partial charge is 0.515 e. The van der Waals surface area contributed by atoms with Crippen LogP contribution in [0.3, 0.4) is 0 Å². The molecule has 0 aliphatic heterocycles. The van der Waals surface area contributed by atoms with Gasteiger partial charge in [-0.3, -0.25) is 0 Å². The van der Waals surface area contributed by atoms with Crippen LogP contribution in [0.4, 0.5) is 0 Å². The van der Waals surface area contributed by atoms with Gasteiger partial charge in [-0.2, -0.15) is 0 Å². The van der Waals surface area contributed by atoms with Gasteiger partial charge in [-0.1, -0.05) is 48.0 Å². The first-order chi connectivity index (χ1) is 11.2. The van der Waals surface area contributed by atoms with Crippen molar-refractivity contribution in [1.82, 2.24) is 0 Å². The topological polar surface area (TPSA) is 52.6 Å². The smallest absolute Gasteiger partial charge is 0.331 e. The minimum Gasteiger partial charge on any atom is -0.515 e. The van der Waals surface area contributed by atoms with Gasteiger partial charge in [-0.05, 0) is 42.3 Å². The van der Waals surface area contributed by atoms with Crippen LogP contribution >= 0.6 is 0 Å². The Morgan fingerprint density at radius 1 is 0.833 bits per heavy atom. The maximum Gasteiger partial charge on any atom is 0.331 e. The first-order valence-electron chi connectivity index (χ1n) is 9.31. The second kappa shape index (κ2) is 9.40. The molecular weight excluding hydrogens is 320 g/mol. The van der Waals surface area contributed by atoms with E-state index in [4.69, 9.17) is 9.16 Å². The zero-order valence-electron chi connectivity index (χ0n) is 16.1. The molecule has 138 valence electrons. The van der Waals surface area contributed by atoms with Gasteiger partial charge < -0.3 is 9.16 Å². The number of esters is 1. The van der Waals surface area contributed by atoms with Crippen LogP contribution in [0.5, 0.6) is 0 Å². The van der Waals surface area contributed by atoms with Crippen LogP contribution in [0, 0.1) is 0 Å². The molecule has 1 rings (SSSR count). The molecule has 0 spiro atoms.